The molecule has 0 radical (unpaired) electrons. The quantitative estimate of drug-likeness (QED) is 0.875. The fourth-order valence-corrected chi connectivity index (χ4v) is 3.88. The first-order valence-electron chi connectivity index (χ1n) is 6.07. The molecule has 1 aliphatic heterocycles. The van der Waals surface area contributed by atoms with E-state index in [9.17, 15) is 13.2 Å². The summed E-state index contributed by atoms with van der Waals surface area (Å²) in [4.78, 5) is 12.7. The molecule has 0 aromatic carbocycles. The molecule has 2 heterocycles. The van der Waals surface area contributed by atoms with E-state index in [1.54, 1.807) is 0 Å². The summed E-state index contributed by atoms with van der Waals surface area (Å²) >= 11 is 0. The fourth-order valence-electron chi connectivity index (χ4n) is 2.29. The van der Waals surface area contributed by atoms with Crippen LogP contribution in [0.5, 0.6) is 0 Å². The number of aryl methyl sites for hydroxylation is 1. The summed E-state index contributed by atoms with van der Waals surface area (Å²) in [5.74, 6) is 0.506. The summed E-state index contributed by atoms with van der Waals surface area (Å²) in [6.45, 7) is 2.63. The Hall–Kier alpha value is -1.34. The molecule has 0 amide bonds. The van der Waals surface area contributed by atoms with Gasteiger partial charge in [-0.2, -0.15) is 0 Å². The minimum absolute atomic E-state index is 0.0722. The van der Waals surface area contributed by atoms with Crippen molar-refractivity contribution >= 4 is 15.8 Å². The first-order valence-corrected chi connectivity index (χ1v) is 7.89. The highest BCUT2D eigenvalue weighted by molar-refractivity contribution is 7.91. The zero-order valence-electron chi connectivity index (χ0n) is 10.7. The summed E-state index contributed by atoms with van der Waals surface area (Å²) in [6, 6.07) is 3.18. The van der Waals surface area contributed by atoms with Crippen molar-refractivity contribution in [2.24, 2.45) is 0 Å². The van der Waals surface area contributed by atoms with Gasteiger partial charge in [0.25, 0.3) is 0 Å². The van der Waals surface area contributed by atoms with Crippen LogP contribution in [-0.2, 0) is 21.2 Å². The van der Waals surface area contributed by atoms with Crippen LogP contribution in [0, 0.1) is 6.92 Å². The second kappa shape index (κ2) is 5.34. The summed E-state index contributed by atoms with van der Waals surface area (Å²) in [6.07, 6.45) is -0.168. The summed E-state index contributed by atoms with van der Waals surface area (Å²) in [7, 11) is -3.13. The van der Waals surface area contributed by atoms with Gasteiger partial charge in [-0.15, -0.1) is 0 Å². The molecule has 2 rings (SSSR count). The lowest BCUT2D eigenvalue weighted by Gasteiger charge is -2.33. The molecule has 1 aromatic rings. The number of carboxylic acid groups (broad SMARTS) is 1. The Morgan fingerprint density at radius 3 is 2.84 bits per heavy atom. The Balaban J connectivity index is 2.10. The largest absolute Gasteiger partial charge is 0.481 e. The zero-order valence-corrected chi connectivity index (χ0v) is 11.5. The van der Waals surface area contributed by atoms with E-state index in [2.05, 4.69) is 0 Å². The number of hydrogen-bond acceptors (Lipinski definition) is 5. The van der Waals surface area contributed by atoms with Crippen molar-refractivity contribution in [3.63, 3.8) is 0 Å². The topological polar surface area (TPSA) is 87.8 Å². The van der Waals surface area contributed by atoms with Gasteiger partial charge in [-0.1, -0.05) is 0 Å². The molecule has 1 saturated heterocycles. The SMILES string of the molecule is Cc1ccc(CN2CCS(=O)(=O)CC2CC(=O)O)o1. The van der Waals surface area contributed by atoms with Crippen LogP contribution in [0.2, 0.25) is 0 Å². The summed E-state index contributed by atoms with van der Waals surface area (Å²) in [5, 5.41) is 8.88. The van der Waals surface area contributed by atoms with E-state index in [0.29, 0.717) is 13.1 Å². The first-order chi connectivity index (χ1) is 8.85. The molecule has 1 aliphatic rings. The van der Waals surface area contributed by atoms with Gasteiger partial charge in [0.1, 0.15) is 11.5 Å². The highest BCUT2D eigenvalue weighted by Crippen LogP contribution is 2.19. The van der Waals surface area contributed by atoms with Gasteiger partial charge in [-0.3, -0.25) is 9.69 Å². The van der Waals surface area contributed by atoms with Gasteiger partial charge < -0.3 is 9.52 Å². The zero-order chi connectivity index (χ0) is 14.0. The van der Waals surface area contributed by atoms with Crippen LogP contribution in [0.4, 0.5) is 0 Å². The molecule has 1 N–H and O–H groups in total. The fraction of sp³-hybridized carbons (Fsp3) is 0.583. The number of aliphatic carboxylic acids is 1. The van der Waals surface area contributed by atoms with Gasteiger partial charge in [0.15, 0.2) is 9.84 Å². The molecule has 7 heteroatoms. The Bertz CT molecular complexity index is 562. The van der Waals surface area contributed by atoms with Crippen molar-refractivity contribution in [3.8, 4) is 0 Å². The van der Waals surface area contributed by atoms with Gasteiger partial charge in [0, 0.05) is 12.6 Å². The predicted octanol–water partition coefficient (Wildman–Crippen LogP) is 0.662. The molecule has 6 nitrogen and oxygen atoms in total. The number of carbonyl (C=O) groups is 1. The third kappa shape index (κ3) is 3.81. The van der Waals surface area contributed by atoms with Crippen LogP contribution in [0.25, 0.3) is 0 Å². The van der Waals surface area contributed by atoms with Crippen LogP contribution < -0.4 is 0 Å². The van der Waals surface area contributed by atoms with Crippen LogP contribution in [0.15, 0.2) is 16.5 Å². The van der Waals surface area contributed by atoms with Crippen molar-refractivity contribution in [1.82, 2.24) is 4.90 Å². The highest BCUT2D eigenvalue weighted by Gasteiger charge is 2.32. The molecule has 0 aliphatic carbocycles. The van der Waals surface area contributed by atoms with Crippen LogP contribution in [0.1, 0.15) is 17.9 Å². The lowest BCUT2D eigenvalue weighted by Crippen LogP contribution is -2.48. The van der Waals surface area contributed by atoms with Gasteiger partial charge in [-0.05, 0) is 19.1 Å². The Morgan fingerprint density at radius 1 is 1.53 bits per heavy atom. The van der Waals surface area contributed by atoms with E-state index < -0.39 is 21.8 Å². The minimum atomic E-state index is -3.13. The van der Waals surface area contributed by atoms with E-state index in [1.165, 1.54) is 0 Å². The molecule has 106 valence electrons. The van der Waals surface area contributed by atoms with E-state index in [-0.39, 0.29) is 17.9 Å². The second-order valence-corrected chi connectivity index (χ2v) is 7.08. The van der Waals surface area contributed by atoms with Crippen molar-refractivity contribution in [2.45, 2.75) is 25.9 Å². The average Bonchev–Trinajstić information content (AvgIpc) is 2.67. The first kappa shape index (κ1) is 14.1. The molecule has 1 atom stereocenters. The number of hydrogen-bond donors (Lipinski definition) is 1. The normalized spacial score (nSPS) is 23.3. The molecule has 1 fully saturated rings. The third-order valence-corrected chi connectivity index (χ3v) is 4.91. The second-order valence-electron chi connectivity index (χ2n) is 4.85. The molecule has 1 aromatic heterocycles. The number of sulfone groups is 1. The molecular weight excluding hydrogens is 270 g/mol. The van der Waals surface area contributed by atoms with Crippen molar-refractivity contribution in [3.05, 3.63) is 23.7 Å². The van der Waals surface area contributed by atoms with Gasteiger partial charge in [0.05, 0.1) is 24.5 Å². The lowest BCUT2D eigenvalue weighted by atomic mass is 10.2. The smallest absolute Gasteiger partial charge is 0.304 e. The molecule has 0 saturated carbocycles. The lowest BCUT2D eigenvalue weighted by molar-refractivity contribution is -0.138. The number of nitrogens with zero attached hydrogens (tertiary/aromatic N) is 1. The molecule has 0 spiro atoms. The summed E-state index contributed by atoms with van der Waals surface area (Å²) < 4.78 is 28.7. The third-order valence-electron chi connectivity index (χ3n) is 3.22. The van der Waals surface area contributed by atoms with Crippen molar-refractivity contribution < 1.29 is 22.7 Å². The van der Waals surface area contributed by atoms with Gasteiger partial charge in [0.2, 0.25) is 0 Å². The van der Waals surface area contributed by atoms with Crippen molar-refractivity contribution in [1.29, 1.82) is 0 Å². The monoisotopic (exact) mass is 287 g/mol. The molecule has 0 bridgehead atoms. The average molecular weight is 287 g/mol. The Labute approximate surface area is 111 Å². The van der Waals surface area contributed by atoms with Crippen LogP contribution in [0.3, 0.4) is 0 Å². The Kier molecular flexibility index (Phi) is 3.96. The van der Waals surface area contributed by atoms with Gasteiger partial charge >= 0.3 is 5.97 Å². The number of carboxylic acids is 1. The van der Waals surface area contributed by atoms with E-state index in [1.807, 2.05) is 24.0 Å². The van der Waals surface area contributed by atoms with Crippen molar-refractivity contribution in [2.75, 3.05) is 18.1 Å². The van der Waals surface area contributed by atoms with Gasteiger partial charge in [-0.25, -0.2) is 8.42 Å². The highest BCUT2D eigenvalue weighted by atomic mass is 32.2. The minimum Gasteiger partial charge on any atom is -0.481 e. The van der Waals surface area contributed by atoms with Crippen LogP contribution >= 0.6 is 0 Å². The van der Waals surface area contributed by atoms with Crippen LogP contribution in [-0.4, -0.2) is 48.5 Å². The Morgan fingerprint density at radius 2 is 2.26 bits per heavy atom. The number of rotatable bonds is 4. The van der Waals surface area contributed by atoms with E-state index >= 15 is 0 Å². The number of furan rings is 1. The maximum Gasteiger partial charge on any atom is 0.304 e. The molecular formula is C12H17NO5S. The van der Waals surface area contributed by atoms with E-state index in [0.717, 1.165) is 11.5 Å². The standard InChI is InChI=1S/C12H17NO5S/c1-9-2-3-11(18-9)7-13-4-5-19(16,17)8-10(13)6-12(14)15/h2-3,10H,4-8H2,1H3,(H,14,15). The maximum atomic E-state index is 11.6. The molecule has 1 unspecified atom stereocenters. The predicted molar refractivity (Wildman–Crippen MR) is 68.5 cm³/mol. The molecule has 19 heavy (non-hydrogen) atoms. The van der Waals surface area contributed by atoms with E-state index in [4.69, 9.17) is 9.52 Å². The summed E-state index contributed by atoms with van der Waals surface area (Å²) in [5.41, 5.74) is 0. The maximum absolute atomic E-state index is 11.6.